The second kappa shape index (κ2) is 11.2. The van der Waals surface area contributed by atoms with Gasteiger partial charge in [-0.25, -0.2) is 14.1 Å². The Kier molecular flexibility index (Phi) is 8.11. The van der Waals surface area contributed by atoms with Gasteiger partial charge in [0, 0.05) is 13.3 Å². The Morgan fingerprint density at radius 3 is 2.76 bits per heavy atom. The van der Waals surface area contributed by atoms with Crippen LogP contribution in [0.5, 0.6) is 5.75 Å². The van der Waals surface area contributed by atoms with Gasteiger partial charge in [0.05, 0.1) is 19.4 Å². The zero-order valence-electron chi connectivity index (χ0n) is 20.9. The van der Waals surface area contributed by atoms with Gasteiger partial charge >= 0.3 is 13.7 Å². The van der Waals surface area contributed by atoms with Gasteiger partial charge in [-0.1, -0.05) is 18.2 Å². The van der Waals surface area contributed by atoms with Gasteiger partial charge < -0.3 is 29.9 Å². The van der Waals surface area contributed by atoms with E-state index in [4.69, 9.17) is 19.5 Å². The van der Waals surface area contributed by atoms with E-state index >= 15 is 0 Å². The summed E-state index contributed by atoms with van der Waals surface area (Å²) in [5.74, 6) is -0.289. The van der Waals surface area contributed by atoms with Crippen LogP contribution >= 0.6 is 7.75 Å². The molecule has 0 saturated carbocycles. The van der Waals surface area contributed by atoms with Gasteiger partial charge in [0.2, 0.25) is 0 Å². The van der Waals surface area contributed by atoms with Crippen LogP contribution in [0.4, 0.5) is 5.82 Å². The van der Waals surface area contributed by atoms with Crippen LogP contribution in [0.3, 0.4) is 0 Å². The summed E-state index contributed by atoms with van der Waals surface area (Å²) in [7, 11) is -1.56. The number of benzene rings is 1. The topological polar surface area (TPSA) is 192 Å². The molecule has 1 aromatic carbocycles. The maximum Gasteiger partial charge on any atom is 0.459 e. The molecule has 0 spiro atoms. The molecule has 1 fully saturated rings. The Morgan fingerprint density at radius 1 is 1.34 bits per heavy atom. The van der Waals surface area contributed by atoms with E-state index in [2.05, 4.69) is 24.9 Å². The van der Waals surface area contributed by atoms with E-state index in [1.54, 1.807) is 42.5 Å². The number of aliphatic hydroxyl groups is 2. The molecule has 3 aromatic rings. The number of hydrogen-bond donors (Lipinski definition) is 4. The molecule has 0 aliphatic carbocycles. The maximum absolute atomic E-state index is 13.7. The van der Waals surface area contributed by atoms with Gasteiger partial charge in [0.1, 0.15) is 41.9 Å². The number of carbonyl (C=O) groups is 1. The summed E-state index contributed by atoms with van der Waals surface area (Å²) in [5.41, 5.74) is 5.06. The van der Waals surface area contributed by atoms with E-state index in [-0.39, 0.29) is 11.6 Å². The zero-order chi connectivity index (χ0) is 27.5. The third kappa shape index (κ3) is 5.27. The Labute approximate surface area is 218 Å². The Hall–Kier alpha value is -3.39. The van der Waals surface area contributed by atoms with E-state index in [1.165, 1.54) is 38.1 Å². The first kappa shape index (κ1) is 27.6. The molecule has 1 saturated heterocycles. The normalized spacial score (nSPS) is 25.9. The summed E-state index contributed by atoms with van der Waals surface area (Å²) in [6.45, 7) is 0.928. The van der Waals surface area contributed by atoms with Crippen LogP contribution in [0.2, 0.25) is 0 Å². The van der Waals surface area contributed by atoms with Crippen molar-refractivity contribution in [2.75, 3.05) is 26.5 Å². The number of nitrogens with zero attached hydrogens (tertiary/aromatic N) is 4. The average Bonchev–Trinajstić information content (AvgIpc) is 3.44. The number of nitrogen functional groups attached to an aromatic ring is 1. The van der Waals surface area contributed by atoms with Crippen molar-refractivity contribution in [2.45, 2.75) is 36.9 Å². The monoisotopic (exact) mass is 548 g/mol. The lowest BCUT2D eigenvalue weighted by Crippen LogP contribution is -2.43. The molecule has 2 aromatic heterocycles. The smallest absolute Gasteiger partial charge is 0.459 e. The number of methoxy groups -OCH3 is 1. The van der Waals surface area contributed by atoms with Crippen molar-refractivity contribution in [2.24, 2.45) is 4.99 Å². The third-order valence-corrected chi connectivity index (χ3v) is 7.62. The number of nitrogens with two attached hydrogens (primary N) is 1. The van der Waals surface area contributed by atoms with Crippen molar-refractivity contribution in [3.63, 3.8) is 0 Å². The number of ether oxygens (including phenoxy) is 2. The molecule has 1 aliphatic rings. The number of anilines is 1. The van der Waals surface area contributed by atoms with Crippen LogP contribution in [0, 0.1) is 0 Å². The second-order valence-corrected chi connectivity index (χ2v) is 10.2. The lowest BCUT2D eigenvalue weighted by molar-refractivity contribution is -0.142. The molecule has 0 radical (unpaired) electrons. The summed E-state index contributed by atoms with van der Waals surface area (Å²) in [5, 5.41) is 28.8. The highest BCUT2D eigenvalue weighted by atomic mass is 31.2. The predicted octanol–water partition coefficient (Wildman–Crippen LogP) is 0.683. The number of aliphatic imine (C=N–C) groups is 1. The van der Waals surface area contributed by atoms with Gasteiger partial charge in [0.25, 0.3) is 0 Å². The molecule has 14 nitrogen and oxygen atoms in total. The number of aromatic nitrogens is 3. The number of nitrogens with one attached hydrogen (secondary N) is 1. The van der Waals surface area contributed by atoms with Crippen molar-refractivity contribution in [3.05, 3.63) is 54.5 Å². The highest BCUT2D eigenvalue weighted by Crippen LogP contribution is 2.47. The zero-order valence-corrected chi connectivity index (χ0v) is 21.8. The van der Waals surface area contributed by atoms with Crippen molar-refractivity contribution in [3.8, 4) is 5.75 Å². The van der Waals surface area contributed by atoms with Gasteiger partial charge in [-0.3, -0.25) is 14.3 Å². The first-order valence-electron chi connectivity index (χ1n) is 11.5. The maximum atomic E-state index is 13.7. The van der Waals surface area contributed by atoms with E-state index in [0.29, 0.717) is 11.2 Å². The number of para-hydroxylation sites is 1. The van der Waals surface area contributed by atoms with Gasteiger partial charge in [-0.05, 0) is 31.2 Å². The highest BCUT2D eigenvalue weighted by Gasteiger charge is 2.56. The van der Waals surface area contributed by atoms with Gasteiger partial charge in [-0.15, -0.1) is 0 Å². The van der Waals surface area contributed by atoms with Crippen LogP contribution in [0.15, 0.2) is 53.8 Å². The minimum atomic E-state index is -4.23. The first-order valence-corrected chi connectivity index (χ1v) is 13.1. The predicted molar refractivity (Wildman–Crippen MR) is 136 cm³/mol. The molecule has 4 rings (SSSR count). The highest BCUT2D eigenvalue weighted by molar-refractivity contribution is 7.52. The molecule has 0 amide bonds. The van der Waals surface area contributed by atoms with Crippen LogP contribution in [-0.2, 0) is 29.0 Å². The molecule has 3 heterocycles. The standard InChI is InChI=1S/C23H29N6O8P/c1-14(22(32)34-3)28-38(33,37-15-7-5-4-6-8-15)35-11-17-19(30)20(31)23(36-17,12-25-2)18-10-9-16-21(24)26-13-27-29(16)18/h4-10,12-14,17,19-20,30-31H,11H2,1-3H3,(H,28,33)(H2,24,26,27)/b25-12+/t14-,17+,19+,20+,23-,38?/m0/s1. The number of aliphatic hydroxyl groups excluding tert-OH is 2. The van der Waals surface area contributed by atoms with Crippen molar-refractivity contribution >= 4 is 31.3 Å². The number of carbonyl (C=O) groups excluding carboxylic acids is 1. The molecular formula is C23H29N6O8P. The molecule has 1 unspecified atom stereocenters. The average molecular weight is 548 g/mol. The molecule has 38 heavy (non-hydrogen) atoms. The molecular weight excluding hydrogens is 519 g/mol. The number of esters is 1. The fraction of sp³-hybridized carbons (Fsp3) is 0.391. The second-order valence-electron chi connectivity index (χ2n) is 8.50. The largest absolute Gasteiger partial charge is 0.468 e. The van der Waals surface area contributed by atoms with Crippen LogP contribution in [0.25, 0.3) is 5.52 Å². The summed E-state index contributed by atoms with van der Waals surface area (Å²) in [6.07, 6.45) is -1.65. The Bertz CT molecular complexity index is 1350. The number of fused-ring (bicyclic) bond motifs is 1. The summed E-state index contributed by atoms with van der Waals surface area (Å²) in [6, 6.07) is 10.4. The molecule has 6 atom stereocenters. The summed E-state index contributed by atoms with van der Waals surface area (Å²) < 4.78 is 37.1. The van der Waals surface area contributed by atoms with Crippen molar-refractivity contribution in [1.82, 2.24) is 19.7 Å². The van der Waals surface area contributed by atoms with Crippen LogP contribution < -0.4 is 15.3 Å². The number of hydrogen-bond acceptors (Lipinski definition) is 12. The molecule has 0 bridgehead atoms. The summed E-state index contributed by atoms with van der Waals surface area (Å²) in [4.78, 5) is 20.0. The Balaban J connectivity index is 1.61. The van der Waals surface area contributed by atoms with Crippen LogP contribution in [0.1, 0.15) is 12.6 Å². The molecule has 1 aliphatic heterocycles. The van der Waals surface area contributed by atoms with E-state index in [1.807, 2.05) is 0 Å². The summed E-state index contributed by atoms with van der Waals surface area (Å²) >= 11 is 0. The lowest BCUT2D eigenvalue weighted by atomic mass is 9.92. The Morgan fingerprint density at radius 2 is 2.08 bits per heavy atom. The quantitative estimate of drug-likeness (QED) is 0.158. The third-order valence-electron chi connectivity index (χ3n) is 5.98. The van der Waals surface area contributed by atoms with Gasteiger partial charge in [-0.2, -0.15) is 10.2 Å². The fourth-order valence-corrected chi connectivity index (χ4v) is 5.66. The fourth-order valence-electron chi connectivity index (χ4n) is 4.15. The number of rotatable bonds is 10. The van der Waals surface area contributed by atoms with E-state index in [0.717, 1.165) is 0 Å². The lowest BCUT2D eigenvalue weighted by Gasteiger charge is -2.28. The first-order chi connectivity index (χ1) is 18.1. The SMILES string of the molecule is C/N=C/[C@@]1(c2ccc3c(N)ncnn23)O[C@H](COP(=O)(N[C@@H](C)C(=O)OC)Oc2ccccc2)[C@@H](O)[C@H]1O. The van der Waals surface area contributed by atoms with Gasteiger partial charge in [0.15, 0.2) is 11.4 Å². The minimum Gasteiger partial charge on any atom is -0.468 e. The van der Waals surface area contributed by atoms with E-state index < -0.39 is 50.3 Å². The minimum absolute atomic E-state index is 0.201. The van der Waals surface area contributed by atoms with Crippen LogP contribution in [-0.4, -0.2) is 82.1 Å². The van der Waals surface area contributed by atoms with Crippen molar-refractivity contribution < 1.29 is 38.1 Å². The molecule has 5 N–H and O–H groups in total. The van der Waals surface area contributed by atoms with Crippen molar-refractivity contribution in [1.29, 1.82) is 0 Å². The molecule has 204 valence electrons. The molecule has 15 heteroatoms. The van der Waals surface area contributed by atoms with E-state index in [9.17, 15) is 19.6 Å².